The molecule has 0 radical (unpaired) electrons. The fraction of sp³-hybridized carbons (Fsp3) is 0.345. The molecule has 3 aromatic carbocycles. The summed E-state index contributed by atoms with van der Waals surface area (Å²) in [5.74, 6) is 1.26. The number of hydrogen-bond donors (Lipinski definition) is 1. The van der Waals surface area contributed by atoms with Crippen molar-refractivity contribution >= 4 is 5.97 Å². The quantitative estimate of drug-likeness (QED) is 0.385. The molecule has 0 amide bonds. The molecule has 0 aromatic heterocycles. The Hall–Kier alpha value is -3.55. The number of rotatable bonds is 10. The molecule has 36 heavy (non-hydrogen) atoms. The SMILES string of the molecule is CCOCCOc1ccc2c(c1)COCc1ccc(COc3ccc4c(c3)OCC4CC(=O)O)cc1-2. The fourth-order valence-electron chi connectivity index (χ4n) is 4.66. The maximum Gasteiger partial charge on any atom is 0.304 e. The first kappa shape index (κ1) is 24.2. The van der Waals surface area contributed by atoms with Crippen molar-refractivity contribution in [3.05, 3.63) is 76.9 Å². The molecule has 7 nitrogen and oxygen atoms in total. The highest BCUT2D eigenvalue weighted by Crippen LogP contribution is 2.39. The lowest BCUT2D eigenvalue weighted by Crippen LogP contribution is -2.07. The monoisotopic (exact) mass is 490 g/mol. The average Bonchev–Trinajstić information content (AvgIpc) is 3.17. The number of carboxylic acid groups (broad SMARTS) is 1. The highest BCUT2D eigenvalue weighted by Gasteiger charge is 2.26. The van der Waals surface area contributed by atoms with Gasteiger partial charge < -0.3 is 28.8 Å². The first-order valence-corrected chi connectivity index (χ1v) is 12.3. The van der Waals surface area contributed by atoms with Gasteiger partial charge in [0.25, 0.3) is 0 Å². The predicted molar refractivity (Wildman–Crippen MR) is 134 cm³/mol. The van der Waals surface area contributed by atoms with Gasteiger partial charge in [0.05, 0.1) is 32.8 Å². The number of carbonyl (C=O) groups is 1. The number of hydrogen-bond acceptors (Lipinski definition) is 6. The van der Waals surface area contributed by atoms with E-state index in [1.54, 1.807) is 0 Å². The van der Waals surface area contributed by atoms with E-state index in [1.807, 2.05) is 37.3 Å². The molecule has 188 valence electrons. The minimum Gasteiger partial charge on any atom is -0.492 e. The van der Waals surface area contributed by atoms with Gasteiger partial charge in [0, 0.05) is 24.2 Å². The lowest BCUT2D eigenvalue weighted by molar-refractivity contribution is -0.137. The second-order valence-corrected chi connectivity index (χ2v) is 8.94. The van der Waals surface area contributed by atoms with Crippen LogP contribution in [-0.2, 0) is 34.1 Å². The van der Waals surface area contributed by atoms with E-state index in [2.05, 4.69) is 24.3 Å². The zero-order valence-electron chi connectivity index (χ0n) is 20.3. The van der Waals surface area contributed by atoms with Gasteiger partial charge in [-0.1, -0.05) is 24.3 Å². The van der Waals surface area contributed by atoms with Crippen molar-refractivity contribution < 1.29 is 33.6 Å². The number of ether oxygens (including phenoxy) is 5. The summed E-state index contributed by atoms with van der Waals surface area (Å²) in [7, 11) is 0. The summed E-state index contributed by atoms with van der Waals surface area (Å²) < 4.78 is 28.9. The maximum absolute atomic E-state index is 11.1. The second-order valence-electron chi connectivity index (χ2n) is 8.94. The van der Waals surface area contributed by atoms with Gasteiger partial charge >= 0.3 is 5.97 Å². The minimum absolute atomic E-state index is 0.0639. The normalized spacial score (nSPS) is 15.8. The molecule has 2 aliphatic rings. The molecule has 1 atom stereocenters. The predicted octanol–water partition coefficient (Wildman–Crippen LogP) is 5.33. The summed E-state index contributed by atoms with van der Waals surface area (Å²) in [5.41, 5.74) is 6.47. The first-order chi connectivity index (χ1) is 17.6. The van der Waals surface area contributed by atoms with Crippen LogP contribution < -0.4 is 14.2 Å². The van der Waals surface area contributed by atoms with Gasteiger partial charge in [0.1, 0.15) is 30.5 Å². The van der Waals surface area contributed by atoms with Crippen LogP contribution in [0.5, 0.6) is 17.2 Å². The number of aliphatic carboxylic acids is 1. The summed E-state index contributed by atoms with van der Waals surface area (Å²) in [6.07, 6.45) is 0.0639. The lowest BCUT2D eigenvalue weighted by atomic mass is 9.95. The molecule has 0 fully saturated rings. The Balaban J connectivity index is 1.29. The van der Waals surface area contributed by atoms with Gasteiger partial charge in [-0.2, -0.15) is 0 Å². The molecular weight excluding hydrogens is 460 g/mol. The Morgan fingerprint density at radius 2 is 1.78 bits per heavy atom. The summed E-state index contributed by atoms with van der Waals surface area (Å²) in [6.45, 7) is 5.58. The molecule has 1 N–H and O–H groups in total. The zero-order valence-corrected chi connectivity index (χ0v) is 20.3. The molecule has 1 unspecified atom stereocenters. The summed E-state index contributed by atoms with van der Waals surface area (Å²) >= 11 is 0. The standard InChI is InChI=1S/C29H30O7/c1-2-32-9-10-34-23-5-7-25-21(12-23)17-33-16-20-4-3-19(11-27(20)25)15-35-24-6-8-26-22(13-29(30)31)18-36-28(26)14-24/h3-8,11-12,14,22H,2,9-10,13,15-18H2,1H3,(H,30,31). The van der Waals surface area contributed by atoms with E-state index < -0.39 is 5.97 Å². The summed E-state index contributed by atoms with van der Waals surface area (Å²) in [5, 5.41) is 9.09. The molecule has 0 aliphatic carbocycles. The van der Waals surface area contributed by atoms with Crippen LogP contribution >= 0.6 is 0 Å². The highest BCUT2D eigenvalue weighted by molar-refractivity contribution is 5.73. The molecular formula is C29H30O7. The molecule has 5 rings (SSSR count). The largest absolute Gasteiger partial charge is 0.492 e. The van der Waals surface area contributed by atoms with Crippen molar-refractivity contribution in [2.24, 2.45) is 0 Å². The van der Waals surface area contributed by atoms with Gasteiger partial charge in [-0.15, -0.1) is 0 Å². The van der Waals surface area contributed by atoms with Gasteiger partial charge in [-0.25, -0.2) is 0 Å². The van der Waals surface area contributed by atoms with E-state index in [9.17, 15) is 4.79 Å². The molecule has 0 saturated heterocycles. The van der Waals surface area contributed by atoms with Gasteiger partial charge in [0.15, 0.2) is 0 Å². The molecule has 0 spiro atoms. The maximum atomic E-state index is 11.1. The van der Waals surface area contributed by atoms with E-state index >= 15 is 0 Å². The summed E-state index contributed by atoms with van der Waals surface area (Å²) in [6, 6.07) is 18.1. The number of benzene rings is 3. The third-order valence-electron chi connectivity index (χ3n) is 6.45. The molecule has 0 saturated carbocycles. The number of carboxylic acids is 1. The molecule has 2 aliphatic heterocycles. The van der Waals surface area contributed by atoms with Crippen LogP contribution in [0.3, 0.4) is 0 Å². The third-order valence-corrected chi connectivity index (χ3v) is 6.45. The highest BCUT2D eigenvalue weighted by atomic mass is 16.5. The van der Waals surface area contributed by atoms with Crippen molar-refractivity contribution in [2.75, 3.05) is 26.4 Å². The second kappa shape index (κ2) is 11.0. The van der Waals surface area contributed by atoms with Crippen molar-refractivity contribution in [3.8, 4) is 28.4 Å². The Labute approximate surface area is 210 Å². The van der Waals surface area contributed by atoms with E-state index in [-0.39, 0.29) is 12.3 Å². The Kier molecular flexibility index (Phi) is 7.39. The van der Waals surface area contributed by atoms with Crippen LogP contribution in [0.25, 0.3) is 11.1 Å². The van der Waals surface area contributed by atoms with Crippen molar-refractivity contribution in [1.29, 1.82) is 0 Å². The Bertz CT molecular complexity index is 1240. The zero-order chi connectivity index (χ0) is 24.9. The molecule has 7 heteroatoms. The smallest absolute Gasteiger partial charge is 0.304 e. The first-order valence-electron chi connectivity index (χ1n) is 12.3. The minimum atomic E-state index is -0.822. The molecule has 2 heterocycles. The van der Waals surface area contributed by atoms with Crippen molar-refractivity contribution in [2.45, 2.75) is 39.1 Å². The van der Waals surface area contributed by atoms with E-state index in [0.717, 1.165) is 39.1 Å². The van der Waals surface area contributed by atoms with Crippen LogP contribution in [0.1, 0.15) is 41.5 Å². The van der Waals surface area contributed by atoms with Crippen LogP contribution in [0.2, 0.25) is 0 Å². The van der Waals surface area contributed by atoms with Crippen LogP contribution in [-0.4, -0.2) is 37.5 Å². The fourth-order valence-corrected chi connectivity index (χ4v) is 4.66. The Morgan fingerprint density at radius 1 is 0.944 bits per heavy atom. The van der Waals surface area contributed by atoms with E-state index in [1.165, 1.54) is 0 Å². The van der Waals surface area contributed by atoms with Crippen molar-refractivity contribution in [3.63, 3.8) is 0 Å². The van der Waals surface area contributed by atoms with E-state index in [0.29, 0.717) is 57.7 Å². The third kappa shape index (κ3) is 5.48. The van der Waals surface area contributed by atoms with E-state index in [4.69, 9.17) is 28.8 Å². The van der Waals surface area contributed by atoms with Crippen LogP contribution in [0.15, 0.2) is 54.6 Å². The summed E-state index contributed by atoms with van der Waals surface area (Å²) in [4.78, 5) is 11.1. The average molecular weight is 491 g/mol. The number of fused-ring (bicyclic) bond motifs is 4. The lowest BCUT2D eigenvalue weighted by Gasteiger charge is -2.14. The molecule has 0 bridgehead atoms. The van der Waals surface area contributed by atoms with Gasteiger partial charge in [0.2, 0.25) is 0 Å². The van der Waals surface area contributed by atoms with Crippen molar-refractivity contribution in [1.82, 2.24) is 0 Å². The van der Waals surface area contributed by atoms with Gasteiger partial charge in [-0.05, 0) is 59.0 Å². The Morgan fingerprint density at radius 3 is 2.64 bits per heavy atom. The van der Waals surface area contributed by atoms with Crippen LogP contribution in [0.4, 0.5) is 0 Å². The van der Waals surface area contributed by atoms with Crippen LogP contribution in [0, 0.1) is 0 Å². The topological polar surface area (TPSA) is 83.5 Å². The molecule has 3 aromatic rings. The van der Waals surface area contributed by atoms with Gasteiger partial charge in [-0.3, -0.25) is 4.79 Å².